The summed E-state index contributed by atoms with van der Waals surface area (Å²) in [6, 6.07) is 5.67. The van der Waals surface area contributed by atoms with Crippen molar-refractivity contribution in [2.24, 2.45) is 0 Å². The van der Waals surface area contributed by atoms with Gasteiger partial charge in [-0.1, -0.05) is 0 Å². The van der Waals surface area contributed by atoms with E-state index in [2.05, 4.69) is 18.7 Å². The lowest BCUT2D eigenvalue weighted by atomic mass is 9.89. The summed E-state index contributed by atoms with van der Waals surface area (Å²) in [5, 5.41) is 0. The zero-order chi connectivity index (χ0) is 14.0. The fourth-order valence-electron chi connectivity index (χ4n) is 2.47. The molecular weight excluding hydrogens is 242 g/mol. The number of rotatable bonds is 3. The van der Waals surface area contributed by atoms with Gasteiger partial charge in [-0.2, -0.15) is 0 Å². The molecule has 1 saturated heterocycles. The van der Waals surface area contributed by atoms with Crippen LogP contribution in [-0.2, 0) is 4.79 Å². The highest BCUT2D eigenvalue weighted by molar-refractivity contribution is 5.86. The van der Waals surface area contributed by atoms with Gasteiger partial charge in [0.25, 0.3) is 0 Å². The number of carbonyl (C=O) groups is 1. The Morgan fingerprint density at radius 1 is 1.21 bits per heavy atom. The largest absolute Gasteiger partial charge is 0.497 e. The van der Waals surface area contributed by atoms with E-state index in [4.69, 9.17) is 9.47 Å². The van der Waals surface area contributed by atoms with E-state index in [9.17, 15) is 4.79 Å². The standard InChI is InChI=1S/C15H21NO3/c1-15(2)8-7-11(17)10-16(15)13-9-12(18-3)5-6-14(13)19-4/h5-6,9H,7-8,10H2,1-4H3. The summed E-state index contributed by atoms with van der Waals surface area (Å²) in [5.74, 6) is 1.80. The molecule has 1 aromatic carbocycles. The summed E-state index contributed by atoms with van der Waals surface area (Å²) >= 11 is 0. The smallest absolute Gasteiger partial charge is 0.152 e. The van der Waals surface area contributed by atoms with E-state index in [0.29, 0.717) is 13.0 Å². The normalized spacial score (nSPS) is 18.3. The fraction of sp³-hybridized carbons (Fsp3) is 0.533. The van der Waals surface area contributed by atoms with Crippen molar-refractivity contribution in [3.8, 4) is 11.5 Å². The van der Waals surface area contributed by atoms with Gasteiger partial charge >= 0.3 is 0 Å². The first-order chi connectivity index (χ1) is 8.97. The van der Waals surface area contributed by atoms with Gasteiger partial charge in [-0.3, -0.25) is 4.79 Å². The van der Waals surface area contributed by atoms with Crippen LogP contribution in [0.1, 0.15) is 26.7 Å². The molecule has 19 heavy (non-hydrogen) atoms. The lowest BCUT2D eigenvalue weighted by Crippen LogP contribution is -2.51. The highest BCUT2D eigenvalue weighted by Crippen LogP contribution is 2.39. The second-order valence-electron chi connectivity index (χ2n) is 5.48. The van der Waals surface area contributed by atoms with Crippen molar-refractivity contribution in [1.82, 2.24) is 0 Å². The maximum Gasteiger partial charge on any atom is 0.152 e. The summed E-state index contributed by atoms with van der Waals surface area (Å²) < 4.78 is 10.7. The Bertz CT molecular complexity index is 482. The number of ketones is 1. The average molecular weight is 263 g/mol. The van der Waals surface area contributed by atoms with E-state index < -0.39 is 0 Å². The Morgan fingerprint density at radius 3 is 2.58 bits per heavy atom. The van der Waals surface area contributed by atoms with E-state index in [1.807, 2.05) is 18.2 Å². The quantitative estimate of drug-likeness (QED) is 0.840. The third-order valence-electron chi connectivity index (χ3n) is 3.76. The van der Waals surface area contributed by atoms with Crippen molar-refractivity contribution in [2.45, 2.75) is 32.2 Å². The summed E-state index contributed by atoms with van der Waals surface area (Å²) in [6.45, 7) is 4.73. The first kappa shape index (κ1) is 13.7. The van der Waals surface area contributed by atoms with Gasteiger partial charge in [0.1, 0.15) is 11.5 Å². The monoisotopic (exact) mass is 263 g/mol. The Hall–Kier alpha value is -1.71. The molecule has 0 N–H and O–H groups in total. The first-order valence-corrected chi connectivity index (χ1v) is 6.49. The van der Waals surface area contributed by atoms with E-state index in [0.717, 1.165) is 23.6 Å². The van der Waals surface area contributed by atoms with Crippen LogP contribution in [0.4, 0.5) is 5.69 Å². The van der Waals surface area contributed by atoms with Crippen LogP contribution in [-0.4, -0.2) is 32.1 Å². The van der Waals surface area contributed by atoms with Crippen LogP contribution in [0.2, 0.25) is 0 Å². The number of methoxy groups -OCH3 is 2. The second kappa shape index (κ2) is 5.11. The maximum atomic E-state index is 11.8. The number of Topliss-reactive ketones (excluding diaryl/α,β-unsaturated/α-hetero) is 1. The summed E-state index contributed by atoms with van der Waals surface area (Å²) in [6.07, 6.45) is 1.50. The van der Waals surface area contributed by atoms with Crippen LogP contribution in [0.15, 0.2) is 18.2 Å². The Kier molecular flexibility index (Phi) is 3.69. The molecule has 1 aliphatic rings. The van der Waals surface area contributed by atoms with Gasteiger partial charge in [-0.05, 0) is 32.4 Å². The molecule has 0 radical (unpaired) electrons. The van der Waals surface area contributed by atoms with Gasteiger partial charge in [0, 0.05) is 18.0 Å². The summed E-state index contributed by atoms with van der Waals surface area (Å²) in [5.41, 5.74) is 0.855. The predicted molar refractivity (Wildman–Crippen MR) is 75.2 cm³/mol. The lowest BCUT2D eigenvalue weighted by Gasteiger charge is -2.43. The molecule has 4 heteroatoms. The minimum atomic E-state index is -0.0619. The molecule has 2 rings (SSSR count). The van der Waals surface area contributed by atoms with Gasteiger partial charge in [-0.15, -0.1) is 0 Å². The van der Waals surface area contributed by atoms with Crippen molar-refractivity contribution in [3.05, 3.63) is 18.2 Å². The molecule has 0 atom stereocenters. The number of hydrogen-bond acceptors (Lipinski definition) is 4. The van der Waals surface area contributed by atoms with Gasteiger partial charge in [0.05, 0.1) is 26.5 Å². The number of nitrogens with zero attached hydrogens (tertiary/aromatic N) is 1. The van der Waals surface area contributed by atoms with Crippen LogP contribution in [0.25, 0.3) is 0 Å². The topological polar surface area (TPSA) is 38.8 Å². The first-order valence-electron chi connectivity index (χ1n) is 6.49. The zero-order valence-corrected chi connectivity index (χ0v) is 12.0. The van der Waals surface area contributed by atoms with Crippen LogP contribution in [0, 0.1) is 0 Å². The Labute approximate surface area is 114 Å². The molecular formula is C15H21NO3. The van der Waals surface area contributed by atoms with E-state index in [-0.39, 0.29) is 11.3 Å². The minimum Gasteiger partial charge on any atom is -0.497 e. The molecule has 0 unspecified atom stereocenters. The van der Waals surface area contributed by atoms with E-state index in [1.54, 1.807) is 14.2 Å². The number of carbonyl (C=O) groups excluding carboxylic acids is 1. The molecule has 0 aromatic heterocycles. The van der Waals surface area contributed by atoms with Crippen molar-refractivity contribution >= 4 is 11.5 Å². The van der Waals surface area contributed by atoms with Crippen LogP contribution >= 0.6 is 0 Å². The highest BCUT2D eigenvalue weighted by Gasteiger charge is 2.35. The van der Waals surface area contributed by atoms with Crippen molar-refractivity contribution in [2.75, 3.05) is 25.7 Å². The van der Waals surface area contributed by atoms with Gasteiger partial charge in [0.2, 0.25) is 0 Å². The van der Waals surface area contributed by atoms with Gasteiger partial charge in [-0.25, -0.2) is 0 Å². The van der Waals surface area contributed by atoms with E-state index in [1.165, 1.54) is 0 Å². The zero-order valence-electron chi connectivity index (χ0n) is 12.0. The van der Waals surface area contributed by atoms with Crippen LogP contribution in [0.3, 0.4) is 0 Å². The SMILES string of the molecule is COc1ccc(OC)c(N2CC(=O)CCC2(C)C)c1. The third kappa shape index (κ3) is 2.67. The Balaban J connectivity index is 2.45. The van der Waals surface area contributed by atoms with Crippen molar-refractivity contribution in [3.63, 3.8) is 0 Å². The molecule has 104 valence electrons. The predicted octanol–water partition coefficient (Wildman–Crippen LogP) is 2.65. The lowest BCUT2D eigenvalue weighted by molar-refractivity contribution is -0.119. The molecule has 1 aliphatic heterocycles. The number of hydrogen-bond donors (Lipinski definition) is 0. The number of ether oxygens (including phenoxy) is 2. The molecule has 1 fully saturated rings. The number of piperidine rings is 1. The molecule has 0 saturated carbocycles. The molecule has 1 aromatic rings. The van der Waals surface area contributed by atoms with Gasteiger partial charge < -0.3 is 14.4 Å². The highest BCUT2D eigenvalue weighted by atomic mass is 16.5. The second-order valence-corrected chi connectivity index (χ2v) is 5.48. The molecule has 0 bridgehead atoms. The van der Waals surface area contributed by atoms with Crippen molar-refractivity contribution in [1.29, 1.82) is 0 Å². The van der Waals surface area contributed by atoms with Crippen LogP contribution in [0.5, 0.6) is 11.5 Å². The molecule has 4 nitrogen and oxygen atoms in total. The van der Waals surface area contributed by atoms with E-state index >= 15 is 0 Å². The van der Waals surface area contributed by atoms with Crippen molar-refractivity contribution < 1.29 is 14.3 Å². The van der Waals surface area contributed by atoms with Gasteiger partial charge in [0.15, 0.2) is 5.78 Å². The summed E-state index contributed by atoms with van der Waals surface area (Å²) in [4.78, 5) is 13.9. The average Bonchev–Trinajstić information content (AvgIpc) is 2.41. The molecule has 1 heterocycles. The molecule has 0 amide bonds. The van der Waals surface area contributed by atoms with Crippen LogP contribution < -0.4 is 14.4 Å². The summed E-state index contributed by atoms with van der Waals surface area (Å²) in [7, 11) is 3.28. The third-order valence-corrected chi connectivity index (χ3v) is 3.76. The fourth-order valence-corrected chi connectivity index (χ4v) is 2.47. The minimum absolute atomic E-state index is 0.0619. The molecule has 0 aliphatic carbocycles. The maximum absolute atomic E-state index is 11.8. The number of anilines is 1. The molecule has 0 spiro atoms. The Morgan fingerprint density at radius 2 is 1.95 bits per heavy atom. The number of benzene rings is 1.